The summed E-state index contributed by atoms with van der Waals surface area (Å²) in [5.74, 6) is -6.21. The highest BCUT2D eigenvalue weighted by atomic mass is 19.4. The van der Waals surface area contributed by atoms with Gasteiger partial charge in [-0.05, 0) is 6.92 Å². The lowest BCUT2D eigenvalue weighted by molar-refractivity contribution is -0.262. The molecule has 0 rings (SSSR count). The van der Waals surface area contributed by atoms with E-state index in [0.29, 0.717) is 0 Å². The van der Waals surface area contributed by atoms with Crippen LogP contribution in [-0.2, 0) is 19.1 Å². The Bertz CT molecular complexity index is 323. The van der Waals surface area contributed by atoms with Crippen LogP contribution < -0.4 is 0 Å². The van der Waals surface area contributed by atoms with Gasteiger partial charge >= 0.3 is 18.1 Å². The zero-order chi connectivity index (χ0) is 13.1. The number of alkyl halides is 3. The van der Waals surface area contributed by atoms with Crippen molar-refractivity contribution in [2.24, 2.45) is 0 Å². The summed E-state index contributed by atoms with van der Waals surface area (Å²) < 4.78 is 40.3. The SMILES string of the molecule is C[C@@](OC(=O)C(=O)CO)(C(=O)O)C(F)(F)F. The number of esters is 1. The van der Waals surface area contributed by atoms with E-state index >= 15 is 0 Å². The number of halogens is 3. The Balaban J connectivity index is 5.06. The van der Waals surface area contributed by atoms with Crippen molar-refractivity contribution in [3.05, 3.63) is 0 Å². The third kappa shape index (κ3) is 2.69. The summed E-state index contributed by atoms with van der Waals surface area (Å²) in [6.07, 6.45) is -5.38. The molecule has 92 valence electrons. The monoisotopic (exact) mass is 244 g/mol. The molecule has 0 saturated heterocycles. The predicted molar refractivity (Wildman–Crippen MR) is 40.3 cm³/mol. The van der Waals surface area contributed by atoms with Gasteiger partial charge in [0.2, 0.25) is 0 Å². The molecule has 0 aliphatic carbocycles. The largest absolute Gasteiger partial charge is 0.478 e. The number of Topliss-reactive ketones (excluding diaryl/α,β-unsaturated/α-hetero) is 1. The molecule has 1 atom stereocenters. The van der Waals surface area contributed by atoms with Crippen molar-refractivity contribution >= 4 is 17.7 Å². The van der Waals surface area contributed by atoms with Gasteiger partial charge in [-0.3, -0.25) is 4.79 Å². The smallest absolute Gasteiger partial charge is 0.439 e. The number of aliphatic hydroxyl groups is 1. The maximum atomic E-state index is 12.3. The molecule has 0 radical (unpaired) electrons. The van der Waals surface area contributed by atoms with Crippen LogP contribution in [0.4, 0.5) is 13.2 Å². The molecule has 0 bridgehead atoms. The van der Waals surface area contributed by atoms with E-state index in [0.717, 1.165) is 0 Å². The first-order chi connectivity index (χ1) is 7.06. The van der Waals surface area contributed by atoms with Gasteiger partial charge in [-0.25, -0.2) is 9.59 Å². The minimum Gasteiger partial charge on any atom is -0.478 e. The minimum atomic E-state index is -5.38. The third-order valence-corrected chi connectivity index (χ3v) is 1.62. The Kier molecular flexibility index (Phi) is 4.01. The van der Waals surface area contributed by atoms with Crippen LogP contribution in [0.25, 0.3) is 0 Å². The first kappa shape index (κ1) is 14.4. The molecule has 16 heavy (non-hydrogen) atoms. The zero-order valence-electron chi connectivity index (χ0n) is 7.87. The number of carbonyl (C=O) groups is 3. The first-order valence-electron chi connectivity index (χ1n) is 3.73. The molecule has 0 aliphatic rings. The number of ether oxygens (including phenoxy) is 1. The average molecular weight is 244 g/mol. The maximum Gasteiger partial charge on any atom is 0.439 e. The molecule has 0 unspecified atom stereocenters. The number of rotatable bonds is 4. The Morgan fingerprint density at radius 1 is 1.25 bits per heavy atom. The highest BCUT2D eigenvalue weighted by molar-refractivity contribution is 6.34. The van der Waals surface area contributed by atoms with Crippen LogP contribution in [0.15, 0.2) is 0 Å². The molecule has 6 nitrogen and oxygen atoms in total. The number of carbonyl (C=O) groups excluding carboxylic acids is 2. The number of carboxylic acid groups (broad SMARTS) is 1. The van der Waals surface area contributed by atoms with E-state index in [4.69, 9.17) is 10.2 Å². The van der Waals surface area contributed by atoms with Crippen LogP contribution >= 0.6 is 0 Å². The Morgan fingerprint density at radius 2 is 1.69 bits per heavy atom. The highest BCUT2D eigenvalue weighted by Crippen LogP contribution is 2.33. The first-order valence-corrected chi connectivity index (χ1v) is 3.73. The lowest BCUT2D eigenvalue weighted by Crippen LogP contribution is -2.53. The standard InChI is InChI=1S/C7H7F3O6/c1-6(5(14)15,7(8,9)10)16-4(13)3(12)2-11/h11H,2H2,1H3,(H,14,15)/t6-/m1/s1. The van der Waals surface area contributed by atoms with Gasteiger partial charge in [-0.15, -0.1) is 0 Å². The normalized spacial score (nSPS) is 15.1. The van der Waals surface area contributed by atoms with Crippen molar-refractivity contribution in [3.8, 4) is 0 Å². The number of aliphatic hydroxyl groups excluding tert-OH is 1. The summed E-state index contributed by atoms with van der Waals surface area (Å²) >= 11 is 0. The molecule has 0 fully saturated rings. The van der Waals surface area contributed by atoms with Gasteiger partial charge in [-0.2, -0.15) is 13.2 Å². The van der Waals surface area contributed by atoms with Crippen molar-refractivity contribution in [1.29, 1.82) is 0 Å². The van der Waals surface area contributed by atoms with E-state index in [1.54, 1.807) is 0 Å². The van der Waals surface area contributed by atoms with Crippen molar-refractivity contribution in [3.63, 3.8) is 0 Å². The fourth-order valence-corrected chi connectivity index (χ4v) is 0.530. The average Bonchev–Trinajstić information content (AvgIpc) is 2.14. The molecule has 0 spiro atoms. The van der Waals surface area contributed by atoms with E-state index in [2.05, 4.69) is 4.74 Å². The molecule has 2 N–H and O–H groups in total. The van der Waals surface area contributed by atoms with Crippen LogP contribution in [0.1, 0.15) is 6.92 Å². The molecule has 0 aromatic carbocycles. The number of hydrogen-bond donors (Lipinski definition) is 2. The summed E-state index contributed by atoms with van der Waals surface area (Å²) in [4.78, 5) is 31.4. The molecule has 0 aromatic rings. The molecule has 0 aliphatic heterocycles. The highest BCUT2D eigenvalue weighted by Gasteiger charge is 2.61. The summed E-state index contributed by atoms with van der Waals surface area (Å²) in [7, 11) is 0. The maximum absolute atomic E-state index is 12.3. The van der Waals surface area contributed by atoms with Crippen LogP contribution in [0, 0.1) is 0 Å². The van der Waals surface area contributed by atoms with E-state index < -0.39 is 36.1 Å². The lowest BCUT2D eigenvalue weighted by atomic mass is 10.1. The Morgan fingerprint density at radius 3 is 1.94 bits per heavy atom. The number of hydrogen-bond acceptors (Lipinski definition) is 5. The Hall–Kier alpha value is -1.64. The second-order valence-corrected chi connectivity index (χ2v) is 2.81. The number of carboxylic acids is 1. The van der Waals surface area contributed by atoms with E-state index in [1.165, 1.54) is 0 Å². The third-order valence-electron chi connectivity index (χ3n) is 1.62. The van der Waals surface area contributed by atoms with E-state index in [-0.39, 0.29) is 6.92 Å². The van der Waals surface area contributed by atoms with Crippen molar-refractivity contribution in [2.45, 2.75) is 18.7 Å². The van der Waals surface area contributed by atoms with Crippen molar-refractivity contribution in [1.82, 2.24) is 0 Å². The van der Waals surface area contributed by atoms with E-state index in [1.807, 2.05) is 0 Å². The molecule has 0 saturated carbocycles. The molecule has 0 aromatic heterocycles. The van der Waals surface area contributed by atoms with Crippen LogP contribution in [0.3, 0.4) is 0 Å². The fourth-order valence-electron chi connectivity index (χ4n) is 0.530. The molecule has 0 heterocycles. The minimum absolute atomic E-state index is 0.0812. The van der Waals surface area contributed by atoms with Gasteiger partial charge in [0, 0.05) is 0 Å². The van der Waals surface area contributed by atoms with Gasteiger partial charge in [-0.1, -0.05) is 0 Å². The van der Waals surface area contributed by atoms with Crippen molar-refractivity contribution < 1.29 is 42.5 Å². The van der Waals surface area contributed by atoms with Crippen molar-refractivity contribution in [2.75, 3.05) is 6.61 Å². The van der Waals surface area contributed by atoms with Gasteiger partial charge in [0.15, 0.2) is 0 Å². The molecule has 0 amide bonds. The molecular formula is C7H7F3O6. The fraction of sp³-hybridized carbons (Fsp3) is 0.571. The molecular weight excluding hydrogens is 237 g/mol. The van der Waals surface area contributed by atoms with Crippen LogP contribution in [0.2, 0.25) is 0 Å². The topological polar surface area (TPSA) is 101 Å². The van der Waals surface area contributed by atoms with Gasteiger partial charge in [0.1, 0.15) is 6.61 Å². The number of aliphatic carboxylic acids is 1. The summed E-state index contributed by atoms with van der Waals surface area (Å²) in [6, 6.07) is 0. The molecule has 9 heteroatoms. The summed E-state index contributed by atoms with van der Waals surface area (Å²) in [6.45, 7) is -1.29. The van der Waals surface area contributed by atoms with E-state index in [9.17, 15) is 27.6 Å². The van der Waals surface area contributed by atoms with Gasteiger partial charge < -0.3 is 14.9 Å². The quantitative estimate of drug-likeness (QED) is 0.510. The van der Waals surface area contributed by atoms with Gasteiger partial charge in [0.25, 0.3) is 11.4 Å². The second kappa shape index (κ2) is 4.47. The zero-order valence-corrected chi connectivity index (χ0v) is 7.87. The number of ketones is 1. The van der Waals surface area contributed by atoms with Crippen LogP contribution in [0.5, 0.6) is 0 Å². The summed E-state index contributed by atoms with van der Waals surface area (Å²) in [5, 5.41) is 16.5. The second-order valence-electron chi connectivity index (χ2n) is 2.81. The predicted octanol–water partition coefficient (Wildman–Crippen LogP) is -0.503. The summed E-state index contributed by atoms with van der Waals surface area (Å²) in [5.41, 5.74) is -3.82. The van der Waals surface area contributed by atoms with Crippen LogP contribution in [-0.4, -0.2) is 46.3 Å². The van der Waals surface area contributed by atoms with Gasteiger partial charge in [0.05, 0.1) is 0 Å². The Labute approximate surface area is 86.6 Å². The lowest BCUT2D eigenvalue weighted by Gasteiger charge is -2.26.